The summed E-state index contributed by atoms with van der Waals surface area (Å²) in [5.74, 6) is 1.83. The van der Waals surface area contributed by atoms with Crippen molar-refractivity contribution >= 4 is 54.5 Å². The highest BCUT2D eigenvalue weighted by Gasteiger charge is 2.18. The van der Waals surface area contributed by atoms with Gasteiger partial charge in [0.15, 0.2) is 17.5 Å². The Hall–Kier alpha value is -7.37. The van der Waals surface area contributed by atoms with Crippen molar-refractivity contribution in [3.63, 3.8) is 0 Å². The zero-order valence-corrected chi connectivity index (χ0v) is 29.0. The molecule has 5 nitrogen and oxygen atoms in total. The Bertz CT molecular complexity index is 3220. The highest BCUT2D eigenvalue weighted by molar-refractivity contribution is 6.15. The van der Waals surface area contributed by atoms with E-state index in [1.807, 2.05) is 48.5 Å². The van der Waals surface area contributed by atoms with Crippen LogP contribution in [0.1, 0.15) is 0 Å². The molecule has 54 heavy (non-hydrogen) atoms. The number of hydrogen-bond acceptors (Lipinski definition) is 4. The van der Waals surface area contributed by atoms with Gasteiger partial charge in [0, 0.05) is 49.3 Å². The van der Waals surface area contributed by atoms with Gasteiger partial charge in [-0.15, -0.1) is 0 Å². The maximum absolute atomic E-state index is 6.43. The standard InChI is InChI=1S/C49H30N4O/c1-3-12-31(13-4-1)34-25-27-44-42(29-34)38-18-7-9-20-43(38)53(44)37-17-11-16-35(28-37)48-50-47(33-14-5-2-6-15-33)51-49(52-48)36-23-22-32-24-26-40-39-19-8-10-21-45(39)54-46(40)41(32)30-36/h1-30H. The summed E-state index contributed by atoms with van der Waals surface area (Å²) in [6, 6.07) is 63.4. The van der Waals surface area contributed by atoms with Gasteiger partial charge in [-0.25, -0.2) is 15.0 Å². The lowest BCUT2D eigenvalue weighted by Gasteiger charge is -2.12. The van der Waals surface area contributed by atoms with Crippen LogP contribution in [-0.2, 0) is 0 Å². The molecule has 0 radical (unpaired) electrons. The van der Waals surface area contributed by atoms with Crippen molar-refractivity contribution in [3.05, 3.63) is 182 Å². The monoisotopic (exact) mass is 690 g/mol. The Kier molecular flexibility index (Phi) is 6.79. The van der Waals surface area contributed by atoms with Crippen LogP contribution in [0.4, 0.5) is 0 Å². The number of nitrogens with zero attached hydrogens (tertiary/aromatic N) is 4. The van der Waals surface area contributed by atoms with E-state index >= 15 is 0 Å². The van der Waals surface area contributed by atoms with Gasteiger partial charge in [0.25, 0.3) is 0 Å². The van der Waals surface area contributed by atoms with Crippen LogP contribution in [0.15, 0.2) is 186 Å². The van der Waals surface area contributed by atoms with Crippen molar-refractivity contribution in [1.82, 2.24) is 19.5 Å². The molecule has 0 aliphatic rings. The smallest absolute Gasteiger partial charge is 0.164 e. The average molecular weight is 691 g/mol. The summed E-state index contributed by atoms with van der Waals surface area (Å²) >= 11 is 0. The van der Waals surface area contributed by atoms with E-state index in [9.17, 15) is 0 Å². The largest absolute Gasteiger partial charge is 0.455 e. The minimum atomic E-state index is 0.601. The molecule has 0 amide bonds. The summed E-state index contributed by atoms with van der Waals surface area (Å²) in [5, 5.41) is 6.73. The van der Waals surface area contributed by atoms with Gasteiger partial charge < -0.3 is 8.98 Å². The van der Waals surface area contributed by atoms with E-state index in [2.05, 4.69) is 138 Å². The predicted molar refractivity (Wildman–Crippen MR) is 221 cm³/mol. The van der Waals surface area contributed by atoms with Crippen molar-refractivity contribution < 1.29 is 4.42 Å². The number of rotatable bonds is 5. The number of benzene rings is 8. The molecule has 0 saturated carbocycles. The first-order valence-corrected chi connectivity index (χ1v) is 18.1. The second kappa shape index (κ2) is 12.1. The van der Waals surface area contributed by atoms with Crippen molar-refractivity contribution in [2.45, 2.75) is 0 Å². The van der Waals surface area contributed by atoms with E-state index in [0.717, 1.165) is 66.1 Å². The second-order valence-corrected chi connectivity index (χ2v) is 13.6. The van der Waals surface area contributed by atoms with E-state index in [1.165, 1.54) is 21.9 Å². The van der Waals surface area contributed by atoms with Crippen molar-refractivity contribution in [3.8, 4) is 51.0 Å². The summed E-state index contributed by atoms with van der Waals surface area (Å²) in [6.45, 7) is 0. The zero-order chi connectivity index (χ0) is 35.6. The normalized spacial score (nSPS) is 11.7. The molecule has 3 heterocycles. The first-order chi connectivity index (χ1) is 26.7. The van der Waals surface area contributed by atoms with Crippen LogP contribution in [-0.4, -0.2) is 19.5 Å². The van der Waals surface area contributed by atoms with Crippen LogP contribution in [0.25, 0.3) is 105 Å². The number of aromatic nitrogens is 4. The molecule has 3 aromatic heterocycles. The summed E-state index contributed by atoms with van der Waals surface area (Å²) in [4.78, 5) is 15.3. The molecular formula is C49H30N4O. The third kappa shape index (κ3) is 4.90. The molecule has 0 atom stereocenters. The van der Waals surface area contributed by atoms with Crippen LogP contribution in [0, 0.1) is 0 Å². The molecule has 0 aliphatic carbocycles. The third-order valence-corrected chi connectivity index (χ3v) is 10.4. The third-order valence-electron chi connectivity index (χ3n) is 10.4. The molecule has 0 N–H and O–H groups in total. The summed E-state index contributed by atoms with van der Waals surface area (Å²) < 4.78 is 8.76. The molecule has 252 valence electrons. The van der Waals surface area contributed by atoms with Gasteiger partial charge in [0.2, 0.25) is 0 Å². The lowest BCUT2D eigenvalue weighted by Crippen LogP contribution is -2.01. The molecule has 5 heteroatoms. The van der Waals surface area contributed by atoms with E-state index in [1.54, 1.807) is 0 Å². The quantitative estimate of drug-likeness (QED) is 0.180. The van der Waals surface area contributed by atoms with E-state index < -0.39 is 0 Å². The number of fused-ring (bicyclic) bond motifs is 8. The maximum atomic E-state index is 6.43. The van der Waals surface area contributed by atoms with Gasteiger partial charge in [0.05, 0.1) is 11.0 Å². The van der Waals surface area contributed by atoms with Gasteiger partial charge in [-0.2, -0.15) is 0 Å². The van der Waals surface area contributed by atoms with Crippen LogP contribution in [0.2, 0.25) is 0 Å². The van der Waals surface area contributed by atoms with Crippen LogP contribution < -0.4 is 0 Å². The topological polar surface area (TPSA) is 56.7 Å². The highest BCUT2D eigenvalue weighted by atomic mass is 16.3. The van der Waals surface area contributed by atoms with Gasteiger partial charge in [-0.05, 0) is 65.0 Å². The molecule has 0 aliphatic heterocycles. The second-order valence-electron chi connectivity index (χ2n) is 13.6. The predicted octanol–water partition coefficient (Wildman–Crippen LogP) is 12.7. The fourth-order valence-electron chi connectivity index (χ4n) is 7.84. The van der Waals surface area contributed by atoms with Crippen molar-refractivity contribution in [2.75, 3.05) is 0 Å². The van der Waals surface area contributed by atoms with E-state index in [4.69, 9.17) is 19.4 Å². The zero-order valence-electron chi connectivity index (χ0n) is 29.0. The van der Waals surface area contributed by atoms with Gasteiger partial charge >= 0.3 is 0 Å². The molecule has 0 unspecified atom stereocenters. The minimum absolute atomic E-state index is 0.601. The fraction of sp³-hybridized carbons (Fsp3) is 0. The first kappa shape index (κ1) is 30.3. The molecule has 0 spiro atoms. The van der Waals surface area contributed by atoms with Gasteiger partial charge in [0.1, 0.15) is 11.2 Å². The molecule has 0 fully saturated rings. The maximum Gasteiger partial charge on any atom is 0.164 e. The number of furan rings is 1. The lowest BCUT2D eigenvalue weighted by atomic mass is 10.0. The molecule has 0 saturated heterocycles. The molecule has 11 rings (SSSR count). The van der Waals surface area contributed by atoms with Gasteiger partial charge in [-0.1, -0.05) is 133 Å². The van der Waals surface area contributed by atoms with Crippen molar-refractivity contribution in [1.29, 1.82) is 0 Å². The fourth-order valence-corrected chi connectivity index (χ4v) is 7.84. The summed E-state index contributed by atoms with van der Waals surface area (Å²) in [6.07, 6.45) is 0. The van der Waals surface area contributed by atoms with Crippen molar-refractivity contribution in [2.24, 2.45) is 0 Å². The molecule has 0 bridgehead atoms. The van der Waals surface area contributed by atoms with Crippen LogP contribution in [0.5, 0.6) is 0 Å². The Morgan fingerprint density at radius 3 is 1.76 bits per heavy atom. The molecular weight excluding hydrogens is 661 g/mol. The highest BCUT2D eigenvalue weighted by Crippen LogP contribution is 2.38. The Morgan fingerprint density at radius 2 is 0.944 bits per heavy atom. The first-order valence-electron chi connectivity index (χ1n) is 18.1. The Morgan fingerprint density at radius 1 is 0.352 bits per heavy atom. The van der Waals surface area contributed by atoms with E-state index in [-0.39, 0.29) is 0 Å². The summed E-state index contributed by atoms with van der Waals surface area (Å²) in [7, 11) is 0. The Labute approximate surface area is 310 Å². The average Bonchev–Trinajstić information content (AvgIpc) is 3.80. The van der Waals surface area contributed by atoms with E-state index in [0.29, 0.717) is 17.5 Å². The minimum Gasteiger partial charge on any atom is -0.455 e. The number of para-hydroxylation sites is 2. The molecule has 8 aromatic carbocycles. The van der Waals surface area contributed by atoms with Crippen LogP contribution >= 0.6 is 0 Å². The SMILES string of the molecule is c1ccc(-c2ccc3c(c2)c2ccccc2n3-c2cccc(-c3nc(-c4ccccc4)nc(-c4ccc5ccc6c7ccccc7oc6c5c4)n3)c2)cc1. The van der Waals surface area contributed by atoms with Crippen LogP contribution in [0.3, 0.4) is 0 Å². The Balaban J connectivity index is 1.08. The number of hydrogen-bond donors (Lipinski definition) is 0. The lowest BCUT2D eigenvalue weighted by molar-refractivity contribution is 0.672. The molecule has 11 aromatic rings. The van der Waals surface area contributed by atoms with Gasteiger partial charge in [-0.3, -0.25) is 0 Å². The summed E-state index contributed by atoms with van der Waals surface area (Å²) in [5.41, 5.74) is 10.2.